The smallest absolute Gasteiger partial charge is 0.216 e. The van der Waals surface area contributed by atoms with Crippen LogP contribution in [-0.2, 0) is 0 Å². The van der Waals surface area contributed by atoms with E-state index in [1.54, 1.807) is 6.20 Å². The molecular weight excluding hydrogens is 224 g/mol. The van der Waals surface area contributed by atoms with Gasteiger partial charge in [0.2, 0.25) is 5.88 Å². The van der Waals surface area contributed by atoms with Gasteiger partial charge in [-0.15, -0.1) is 0 Å². The normalized spacial score (nSPS) is 12.2. The molecule has 0 aliphatic rings. The molecule has 1 heterocycles. The van der Waals surface area contributed by atoms with Crippen LogP contribution < -0.4 is 10.5 Å². The number of nitrogens with zero attached hydrogens (tertiary/aromatic N) is 1. The van der Waals surface area contributed by atoms with E-state index in [9.17, 15) is 0 Å². The van der Waals surface area contributed by atoms with Crippen LogP contribution in [0.1, 0.15) is 29.7 Å². The highest BCUT2D eigenvalue weighted by atomic mass is 16.5. The van der Waals surface area contributed by atoms with Crippen molar-refractivity contribution in [3.8, 4) is 5.88 Å². The first-order chi connectivity index (χ1) is 8.72. The second kappa shape index (κ2) is 5.65. The molecule has 0 aliphatic heterocycles. The minimum Gasteiger partial charge on any atom is -0.478 e. The number of nitrogens with two attached hydrogens (primary N) is 1. The molecule has 0 spiro atoms. The summed E-state index contributed by atoms with van der Waals surface area (Å²) >= 11 is 0. The molecule has 0 saturated carbocycles. The quantitative estimate of drug-likeness (QED) is 0.896. The van der Waals surface area contributed by atoms with Gasteiger partial charge in [-0.1, -0.05) is 30.3 Å². The van der Waals surface area contributed by atoms with Gasteiger partial charge in [-0.25, -0.2) is 4.98 Å². The molecule has 0 fully saturated rings. The maximum atomic E-state index is 6.23. The zero-order valence-electron chi connectivity index (χ0n) is 10.8. The van der Waals surface area contributed by atoms with Crippen molar-refractivity contribution in [3.05, 3.63) is 59.3 Å². The van der Waals surface area contributed by atoms with E-state index in [1.165, 1.54) is 0 Å². The predicted molar refractivity (Wildman–Crippen MR) is 72.6 cm³/mol. The number of aromatic nitrogens is 1. The Bertz CT molecular complexity index is 511. The molecule has 0 radical (unpaired) electrons. The number of aryl methyl sites for hydroxylation is 1. The highest BCUT2D eigenvalue weighted by Crippen LogP contribution is 2.23. The van der Waals surface area contributed by atoms with Gasteiger partial charge in [-0.2, -0.15) is 0 Å². The minimum atomic E-state index is -0.145. The molecule has 3 nitrogen and oxygen atoms in total. The third-order valence-electron chi connectivity index (χ3n) is 2.85. The van der Waals surface area contributed by atoms with Gasteiger partial charge < -0.3 is 10.5 Å². The fourth-order valence-electron chi connectivity index (χ4n) is 1.89. The second-order valence-electron chi connectivity index (χ2n) is 4.21. The molecule has 0 saturated heterocycles. The number of benzene rings is 1. The lowest BCUT2D eigenvalue weighted by atomic mass is 10.0. The van der Waals surface area contributed by atoms with Gasteiger partial charge in [0.1, 0.15) is 0 Å². The summed E-state index contributed by atoms with van der Waals surface area (Å²) in [7, 11) is 0. The van der Waals surface area contributed by atoms with E-state index >= 15 is 0 Å². The molecule has 1 aromatic carbocycles. The van der Waals surface area contributed by atoms with Crippen LogP contribution in [0.3, 0.4) is 0 Å². The third-order valence-corrected chi connectivity index (χ3v) is 2.85. The summed E-state index contributed by atoms with van der Waals surface area (Å²) in [6.45, 7) is 4.56. The first-order valence-corrected chi connectivity index (χ1v) is 6.12. The summed E-state index contributed by atoms with van der Waals surface area (Å²) in [5, 5.41) is 0. The van der Waals surface area contributed by atoms with Gasteiger partial charge in [0.15, 0.2) is 0 Å². The fourth-order valence-corrected chi connectivity index (χ4v) is 1.89. The molecule has 1 aromatic heterocycles. The minimum absolute atomic E-state index is 0.145. The molecule has 0 aliphatic carbocycles. The maximum absolute atomic E-state index is 6.23. The van der Waals surface area contributed by atoms with Crippen LogP contribution in [0.5, 0.6) is 5.88 Å². The van der Waals surface area contributed by atoms with Gasteiger partial charge >= 0.3 is 0 Å². The van der Waals surface area contributed by atoms with Crippen LogP contribution in [0, 0.1) is 6.92 Å². The monoisotopic (exact) mass is 242 g/mol. The van der Waals surface area contributed by atoms with E-state index in [0.717, 1.165) is 16.7 Å². The SMILES string of the molecule is CCOc1ncc([C@@H](N)c2ccccc2)cc1C. The van der Waals surface area contributed by atoms with Gasteiger partial charge in [0, 0.05) is 11.8 Å². The molecule has 2 N–H and O–H groups in total. The molecule has 0 amide bonds. The predicted octanol–water partition coefficient (Wildman–Crippen LogP) is 2.84. The molecule has 2 aromatic rings. The van der Waals surface area contributed by atoms with Crippen LogP contribution in [0.2, 0.25) is 0 Å². The summed E-state index contributed by atoms with van der Waals surface area (Å²) in [5.74, 6) is 0.682. The molecular formula is C15H18N2O. The van der Waals surface area contributed by atoms with E-state index < -0.39 is 0 Å². The van der Waals surface area contributed by atoms with E-state index in [1.807, 2.05) is 50.2 Å². The number of pyridine rings is 1. The van der Waals surface area contributed by atoms with Crippen LogP contribution in [0.4, 0.5) is 0 Å². The van der Waals surface area contributed by atoms with Gasteiger partial charge in [0.25, 0.3) is 0 Å². The van der Waals surface area contributed by atoms with Crippen LogP contribution in [-0.4, -0.2) is 11.6 Å². The van der Waals surface area contributed by atoms with E-state index in [0.29, 0.717) is 12.5 Å². The maximum Gasteiger partial charge on any atom is 0.216 e. The summed E-state index contributed by atoms with van der Waals surface area (Å²) < 4.78 is 5.43. The van der Waals surface area contributed by atoms with Gasteiger partial charge in [-0.05, 0) is 31.0 Å². The van der Waals surface area contributed by atoms with Crippen molar-refractivity contribution in [3.63, 3.8) is 0 Å². The van der Waals surface area contributed by atoms with Crippen molar-refractivity contribution >= 4 is 0 Å². The van der Waals surface area contributed by atoms with Crippen LogP contribution in [0.15, 0.2) is 42.6 Å². The lowest BCUT2D eigenvalue weighted by Gasteiger charge is -2.14. The van der Waals surface area contributed by atoms with Crippen molar-refractivity contribution in [1.82, 2.24) is 4.98 Å². The Kier molecular flexibility index (Phi) is 3.95. The third kappa shape index (κ3) is 2.68. The standard InChI is InChI=1S/C15H18N2O/c1-3-18-15-11(2)9-13(10-17-15)14(16)12-7-5-4-6-8-12/h4-10,14H,3,16H2,1-2H3/t14-/m0/s1. The van der Waals surface area contributed by atoms with Crippen LogP contribution >= 0.6 is 0 Å². The summed E-state index contributed by atoms with van der Waals surface area (Å²) in [6.07, 6.45) is 1.79. The fraction of sp³-hybridized carbons (Fsp3) is 0.267. The molecule has 94 valence electrons. The molecule has 2 rings (SSSR count). The van der Waals surface area contributed by atoms with Crippen molar-refractivity contribution in [2.75, 3.05) is 6.61 Å². The average Bonchev–Trinajstić information content (AvgIpc) is 2.41. The summed E-state index contributed by atoms with van der Waals surface area (Å²) in [5.41, 5.74) is 9.33. The average molecular weight is 242 g/mol. The Morgan fingerprint density at radius 1 is 1.22 bits per heavy atom. The van der Waals surface area contributed by atoms with Gasteiger partial charge in [-0.3, -0.25) is 0 Å². The number of ether oxygens (including phenoxy) is 1. The number of hydrogen-bond donors (Lipinski definition) is 1. The molecule has 1 atom stereocenters. The second-order valence-corrected chi connectivity index (χ2v) is 4.21. The zero-order chi connectivity index (χ0) is 13.0. The van der Waals surface area contributed by atoms with E-state index in [2.05, 4.69) is 4.98 Å². The topological polar surface area (TPSA) is 48.1 Å². The van der Waals surface area contributed by atoms with E-state index in [-0.39, 0.29) is 6.04 Å². The van der Waals surface area contributed by atoms with Crippen LogP contribution in [0.25, 0.3) is 0 Å². The Balaban J connectivity index is 2.26. The van der Waals surface area contributed by atoms with E-state index in [4.69, 9.17) is 10.5 Å². The number of hydrogen-bond acceptors (Lipinski definition) is 3. The Hall–Kier alpha value is -1.87. The first-order valence-electron chi connectivity index (χ1n) is 6.12. The Morgan fingerprint density at radius 3 is 2.56 bits per heavy atom. The summed E-state index contributed by atoms with van der Waals surface area (Å²) in [6, 6.07) is 11.9. The van der Waals surface area contributed by atoms with Crippen molar-refractivity contribution < 1.29 is 4.74 Å². The van der Waals surface area contributed by atoms with Gasteiger partial charge in [0.05, 0.1) is 12.6 Å². The van der Waals surface area contributed by atoms with Crippen molar-refractivity contribution in [1.29, 1.82) is 0 Å². The Labute approximate surface area is 108 Å². The lowest BCUT2D eigenvalue weighted by Crippen LogP contribution is -2.12. The summed E-state index contributed by atoms with van der Waals surface area (Å²) in [4.78, 5) is 4.31. The molecule has 3 heteroatoms. The Morgan fingerprint density at radius 2 is 1.94 bits per heavy atom. The molecule has 0 bridgehead atoms. The first kappa shape index (κ1) is 12.6. The highest BCUT2D eigenvalue weighted by Gasteiger charge is 2.11. The van der Waals surface area contributed by atoms with Crippen molar-refractivity contribution in [2.24, 2.45) is 5.73 Å². The lowest BCUT2D eigenvalue weighted by molar-refractivity contribution is 0.324. The highest BCUT2D eigenvalue weighted by molar-refractivity contribution is 5.35. The number of rotatable bonds is 4. The van der Waals surface area contributed by atoms with Crippen molar-refractivity contribution in [2.45, 2.75) is 19.9 Å². The largest absolute Gasteiger partial charge is 0.478 e. The molecule has 0 unspecified atom stereocenters. The zero-order valence-corrected chi connectivity index (χ0v) is 10.8. The molecule has 18 heavy (non-hydrogen) atoms.